The van der Waals surface area contributed by atoms with E-state index in [0.717, 1.165) is 35.3 Å². The fourth-order valence-electron chi connectivity index (χ4n) is 4.75. The molecule has 1 aliphatic heterocycles. The van der Waals surface area contributed by atoms with Crippen molar-refractivity contribution in [3.05, 3.63) is 72.4 Å². The lowest BCUT2D eigenvalue weighted by atomic mass is 10.1. The molecule has 0 spiro atoms. The van der Waals surface area contributed by atoms with Gasteiger partial charge in [-0.1, -0.05) is 18.2 Å². The van der Waals surface area contributed by atoms with Gasteiger partial charge in [-0.3, -0.25) is 5.10 Å². The number of nitrogens with one attached hydrogen (secondary N) is 1. The number of sulfonamides is 1. The Bertz CT molecular complexity index is 1370. The number of nitrogens with zero attached hydrogens (tertiary/aromatic N) is 4. The zero-order valence-electron chi connectivity index (χ0n) is 18.4. The van der Waals surface area contributed by atoms with Gasteiger partial charge < -0.3 is 4.57 Å². The number of fused-ring (bicyclic) bond motifs is 1. The van der Waals surface area contributed by atoms with Gasteiger partial charge in [-0.15, -0.1) is 0 Å². The van der Waals surface area contributed by atoms with Crippen molar-refractivity contribution < 1.29 is 12.8 Å². The van der Waals surface area contributed by atoms with E-state index in [0.29, 0.717) is 12.1 Å². The van der Waals surface area contributed by atoms with E-state index >= 15 is 0 Å². The van der Waals surface area contributed by atoms with Gasteiger partial charge in [0.1, 0.15) is 5.82 Å². The molecule has 172 valence electrons. The second kappa shape index (κ2) is 8.72. The molecule has 1 fully saturated rings. The van der Waals surface area contributed by atoms with E-state index in [9.17, 15) is 12.8 Å². The molecule has 7 nitrogen and oxygen atoms in total. The van der Waals surface area contributed by atoms with Gasteiger partial charge >= 0.3 is 0 Å². The molecule has 9 heteroatoms. The molecule has 0 bridgehead atoms. The van der Waals surface area contributed by atoms with E-state index < -0.39 is 10.0 Å². The largest absolute Gasteiger partial charge is 0.346 e. The molecule has 0 radical (unpaired) electrons. The molecule has 0 amide bonds. The molecule has 1 aromatic carbocycles. The van der Waals surface area contributed by atoms with Crippen LogP contribution in [0.2, 0.25) is 0 Å². The first-order valence-corrected chi connectivity index (χ1v) is 12.7. The summed E-state index contributed by atoms with van der Waals surface area (Å²) in [5.74, 6) is -0.241. The maximum Gasteiger partial charge on any atom is 0.214 e. The van der Waals surface area contributed by atoms with Gasteiger partial charge in [0.25, 0.3) is 0 Å². The van der Waals surface area contributed by atoms with E-state index in [4.69, 9.17) is 4.98 Å². The highest BCUT2D eigenvalue weighted by Gasteiger charge is 2.37. The van der Waals surface area contributed by atoms with Crippen LogP contribution in [0.1, 0.15) is 18.9 Å². The quantitative estimate of drug-likeness (QED) is 0.448. The number of halogens is 1. The third kappa shape index (κ3) is 4.43. The Labute approximate surface area is 192 Å². The Morgan fingerprint density at radius 1 is 1.18 bits per heavy atom. The van der Waals surface area contributed by atoms with Gasteiger partial charge in [0.05, 0.1) is 28.7 Å². The third-order valence-electron chi connectivity index (χ3n) is 6.42. The smallest absolute Gasteiger partial charge is 0.214 e. The number of rotatable bonds is 7. The maximum absolute atomic E-state index is 13.9. The van der Waals surface area contributed by atoms with Crippen LogP contribution in [0.3, 0.4) is 0 Å². The molecule has 33 heavy (non-hydrogen) atoms. The summed E-state index contributed by atoms with van der Waals surface area (Å²) >= 11 is 0. The number of aromatic amines is 1. The van der Waals surface area contributed by atoms with Crippen LogP contribution in [0.5, 0.6) is 0 Å². The van der Waals surface area contributed by atoms with Crippen LogP contribution in [-0.2, 0) is 23.0 Å². The third-order valence-corrected chi connectivity index (χ3v) is 8.37. The lowest BCUT2D eigenvalue weighted by Crippen LogP contribution is -2.36. The highest BCUT2D eigenvalue weighted by Crippen LogP contribution is 2.29. The topological polar surface area (TPSA) is 83.9 Å². The number of benzene rings is 1. The van der Waals surface area contributed by atoms with Gasteiger partial charge in [0.15, 0.2) is 0 Å². The second-order valence-corrected chi connectivity index (χ2v) is 10.8. The lowest BCUT2D eigenvalue weighted by molar-refractivity contribution is 0.399. The van der Waals surface area contributed by atoms with E-state index in [2.05, 4.69) is 14.8 Å². The van der Waals surface area contributed by atoms with Gasteiger partial charge in [0, 0.05) is 37.1 Å². The molecule has 4 heterocycles. The van der Waals surface area contributed by atoms with E-state index in [1.807, 2.05) is 37.5 Å². The van der Waals surface area contributed by atoms with Crippen LogP contribution in [0.4, 0.5) is 4.39 Å². The van der Waals surface area contributed by atoms with Crippen LogP contribution in [0.15, 0.2) is 61.1 Å². The molecule has 0 aliphatic carbocycles. The van der Waals surface area contributed by atoms with Crippen molar-refractivity contribution >= 4 is 21.1 Å². The summed E-state index contributed by atoms with van der Waals surface area (Å²) in [6.45, 7) is 3.15. The van der Waals surface area contributed by atoms with Crippen molar-refractivity contribution in [2.75, 3.05) is 12.3 Å². The number of aryl methyl sites for hydroxylation is 1. The fourth-order valence-corrected chi connectivity index (χ4v) is 6.53. The van der Waals surface area contributed by atoms with E-state index in [1.165, 1.54) is 6.07 Å². The Morgan fingerprint density at radius 2 is 2.03 bits per heavy atom. The minimum absolute atomic E-state index is 0.0757. The Hall–Kier alpha value is -3.04. The van der Waals surface area contributed by atoms with E-state index in [-0.39, 0.29) is 30.0 Å². The number of hydrogen-bond acceptors (Lipinski definition) is 4. The highest BCUT2D eigenvalue weighted by atomic mass is 32.2. The Morgan fingerprint density at radius 3 is 2.82 bits per heavy atom. The molecule has 1 saturated heterocycles. The summed E-state index contributed by atoms with van der Waals surface area (Å²) in [7, 11) is -3.47. The van der Waals surface area contributed by atoms with Crippen molar-refractivity contribution in [1.29, 1.82) is 0 Å². The minimum Gasteiger partial charge on any atom is -0.346 e. The lowest BCUT2D eigenvalue weighted by Gasteiger charge is -2.21. The fraction of sp³-hybridized carbons (Fsp3) is 0.333. The average Bonchev–Trinajstić information content (AvgIpc) is 3.54. The molecule has 1 unspecified atom stereocenters. The first kappa shape index (κ1) is 21.8. The molecule has 0 saturated carbocycles. The first-order valence-electron chi connectivity index (χ1n) is 11.1. The predicted molar refractivity (Wildman–Crippen MR) is 125 cm³/mol. The van der Waals surface area contributed by atoms with Crippen molar-refractivity contribution in [2.24, 2.45) is 5.92 Å². The van der Waals surface area contributed by atoms with Crippen LogP contribution >= 0.6 is 0 Å². The summed E-state index contributed by atoms with van der Waals surface area (Å²) in [4.78, 5) is 4.72. The number of pyridine rings is 1. The molecule has 1 aliphatic rings. The standard InChI is InChI=1S/C24H26FN5O2S/c1-17-12-18(16-30(17)33(31,32)11-9-19-4-2-3-5-21(19)25)15-29-10-8-23-24(29)7-6-22(28-23)20-13-26-27-14-20/h2-8,10,13-14,17-18H,9,11-12,15-16H2,1H3,(H,26,27)/t17-,18?/m0/s1. The molecule has 3 aromatic heterocycles. The second-order valence-electron chi connectivity index (χ2n) is 8.73. The Kier molecular flexibility index (Phi) is 5.76. The monoisotopic (exact) mass is 467 g/mol. The normalized spacial score (nSPS) is 19.5. The highest BCUT2D eigenvalue weighted by molar-refractivity contribution is 7.89. The first-order chi connectivity index (χ1) is 15.9. The average molecular weight is 468 g/mol. The number of aromatic nitrogens is 4. The van der Waals surface area contributed by atoms with Crippen LogP contribution < -0.4 is 0 Å². The maximum atomic E-state index is 13.9. The molecule has 4 aromatic rings. The van der Waals surface area contributed by atoms with Gasteiger partial charge in [0.2, 0.25) is 10.0 Å². The Balaban J connectivity index is 1.27. The van der Waals surface area contributed by atoms with Gasteiger partial charge in [-0.2, -0.15) is 9.40 Å². The summed E-state index contributed by atoms with van der Waals surface area (Å²) in [5, 5.41) is 6.78. The van der Waals surface area contributed by atoms with Crippen molar-refractivity contribution in [3.8, 4) is 11.3 Å². The molecule has 5 rings (SSSR count). The minimum atomic E-state index is -3.47. The zero-order valence-corrected chi connectivity index (χ0v) is 19.2. The van der Waals surface area contributed by atoms with Crippen LogP contribution in [-0.4, -0.2) is 50.8 Å². The zero-order chi connectivity index (χ0) is 23.0. The van der Waals surface area contributed by atoms with E-state index in [1.54, 1.807) is 28.7 Å². The van der Waals surface area contributed by atoms with Gasteiger partial charge in [-0.05, 0) is 55.5 Å². The van der Waals surface area contributed by atoms with Gasteiger partial charge in [-0.25, -0.2) is 17.8 Å². The molecular formula is C24H26FN5O2S. The van der Waals surface area contributed by atoms with Crippen molar-refractivity contribution in [1.82, 2.24) is 24.1 Å². The summed E-state index contributed by atoms with van der Waals surface area (Å²) in [6.07, 6.45) is 6.53. The van der Waals surface area contributed by atoms with Crippen molar-refractivity contribution in [3.63, 3.8) is 0 Å². The van der Waals surface area contributed by atoms with Crippen LogP contribution in [0, 0.1) is 11.7 Å². The van der Waals surface area contributed by atoms with Crippen LogP contribution in [0.25, 0.3) is 22.3 Å². The molecular weight excluding hydrogens is 441 g/mol. The molecule has 2 atom stereocenters. The summed E-state index contributed by atoms with van der Waals surface area (Å²) < 4.78 is 43.7. The SMILES string of the molecule is C[C@H]1CC(Cn2ccc3nc(-c4cn[nH]c4)ccc32)CN1S(=O)(=O)CCc1ccccc1F. The summed E-state index contributed by atoms with van der Waals surface area (Å²) in [6, 6.07) is 12.3. The number of hydrogen-bond donors (Lipinski definition) is 1. The summed E-state index contributed by atoms with van der Waals surface area (Å²) in [5.41, 5.74) is 4.15. The number of H-pyrrole nitrogens is 1. The molecule has 1 N–H and O–H groups in total. The van der Waals surface area contributed by atoms with Crippen molar-refractivity contribution in [2.45, 2.75) is 32.4 Å². The predicted octanol–water partition coefficient (Wildman–Crippen LogP) is 3.85.